The molecule has 1 aliphatic rings. The Balaban J connectivity index is 1.55. The first-order chi connectivity index (χ1) is 13.0. The Morgan fingerprint density at radius 3 is 2.78 bits per heavy atom. The largest absolute Gasteiger partial charge is 0.331 e. The molecule has 1 aliphatic heterocycles. The number of fused-ring (bicyclic) bond motifs is 2. The van der Waals surface area contributed by atoms with Crippen LogP contribution in [-0.4, -0.2) is 22.9 Å². The van der Waals surface area contributed by atoms with Crippen LogP contribution >= 0.6 is 11.3 Å². The Kier molecular flexibility index (Phi) is 4.58. The molecule has 27 heavy (non-hydrogen) atoms. The van der Waals surface area contributed by atoms with Crippen molar-refractivity contribution in [3.05, 3.63) is 65.0 Å². The molecule has 0 saturated carbocycles. The van der Waals surface area contributed by atoms with Crippen LogP contribution in [0.4, 0.5) is 10.5 Å². The lowest BCUT2D eigenvalue weighted by atomic mass is 10.1. The van der Waals surface area contributed by atoms with E-state index in [0.717, 1.165) is 16.1 Å². The van der Waals surface area contributed by atoms with Crippen LogP contribution in [0.15, 0.2) is 54.6 Å². The van der Waals surface area contributed by atoms with Crippen molar-refractivity contribution in [1.82, 2.24) is 10.2 Å². The summed E-state index contributed by atoms with van der Waals surface area (Å²) in [6.07, 6.45) is 0. The van der Waals surface area contributed by atoms with E-state index in [1.54, 1.807) is 23.2 Å². The van der Waals surface area contributed by atoms with E-state index in [1.165, 1.54) is 10.1 Å². The maximum atomic E-state index is 13.0. The quantitative estimate of drug-likeness (QED) is 0.688. The van der Waals surface area contributed by atoms with Gasteiger partial charge in [0.15, 0.2) is 0 Å². The molecule has 1 aromatic heterocycles. The molecular formula is C21H21N3O2S. The summed E-state index contributed by atoms with van der Waals surface area (Å²) in [5.74, 6) is -0.176. The third kappa shape index (κ3) is 3.40. The molecule has 3 amide bonds. The van der Waals surface area contributed by atoms with Crippen molar-refractivity contribution in [1.29, 1.82) is 0 Å². The van der Waals surface area contributed by atoms with Crippen molar-refractivity contribution in [3.8, 4) is 0 Å². The second kappa shape index (κ2) is 7.04. The van der Waals surface area contributed by atoms with Gasteiger partial charge in [0.25, 0.3) is 0 Å². The van der Waals surface area contributed by atoms with Gasteiger partial charge in [-0.3, -0.25) is 4.79 Å². The molecule has 2 heterocycles. The Hall–Kier alpha value is -2.86. The van der Waals surface area contributed by atoms with Crippen LogP contribution in [-0.2, 0) is 11.3 Å². The van der Waals surface area contributed by atoms with Crippen molar-refractivity contribution < 1.29 is 9.59 Å². The van der Waals surface area contributed by atoms with Gasteiger partial charge in [-0.15, -0.1) is 11.3 Å². The number of benzene rings is 2. The summed E-state index contributed by atoms with van der Waals surface area (Å²) in [5.41, 5.74) is 1.70. The number of thiophene rings is 1. The third-order valence-corrected chi connectivity index (χ3v) is 6.23. The Bertz CT molecular complexity index is 980. The standard InChI is InChI=1S/C21H21N3O2S/c1-13(19-11-15-7-4-6-10-18(15)27-19)22-21(26)24-12-16-8-3-5-9-17(16)23-20(25)14(24)2/h3-11,13-14H,12H2,1-2H3,(H,22,26)(H,23,25). The highest BCUT2D eigenvalue weighted by Crippen LogP contribution is 2.30. The molecule has 5 nitrogen and oxygen atoms in total. The van der Waals surface area contributed by atoms with E-state index >= 15 is 0 Å². The number of para-hydroxylation sites is 1. The number of nitrogens with one attached hydrogen (secondary N) is 2. The van der Waals surface area contributed by atoms with Crippen LogP contribution in [0.1, 0.15) is 30.3 Å². The Morgan fingerprint density at radius 2 is 1.96 bits per heavy atom. The van der Waals surface area contributed by atoms with Crippen LogP contribution in [0.3, 0.4) is 0 Å². The number of anilines is 1. The number of carbonyl (C=O) groups is 2. The van der Waals surface area contributed by atoms with Gasteiger partial charge in [0.2, 0.25) is 5.91 Å². The average molecular weight is 379 g/mol. The van der Waals surface area contributed by atoms with Crippen molar-refractivity contribution in [2.45, 2.75) is 32.5 Å². The van der Waals surface area contributed by atoms with Gasteiger partial charge in [0, 0.05) is 15.3 Å². The first kappa shape index (κ1) is 17.5. The fraction of sp³-hybridized carbons (Fsp3) is 0.238. The van der Waals surface area contributed by atoms with Gasteiger partial charge >= 0.3 is 6.03 Å². The highest BCUT2D eigenvalue weighted by molar-refractivity contribution is 7.19. The minimum Gasteiger partial charge on any atom is -0.331 e. The van der Waals surface area contributed by atoms with Crippen LogP contribution in [0.2, 0.25) is 0 Å². The molecule has 0 saturated heterocycles. The lowest BCUT2D eigenvalue weighted by Crippen LogP contribution is -2.48. The summed E-state index contributed by atoms with van der Waals surface area (Å²) in [5, 5.41) is 7.13. The maximum Gasteiger partial charge on any atom is 0.318 e. The maximum absolute atomic E-state index is 13.0. The van der Waals surface area contributed by atoms with Gasteiger partial charge < -0.3 is 15.5 Å². The predicted molar refractivity (Wildman–Crippen MR) is 109 cm³/mol. The fourth-order valence-electron chi connectivity index (χ4n) is 3.28. The fourth-order valence-corrected chi connectivity index (χ4v) is 4.35. The number of hydrogen-bond acceptors (Lipinski definition) is 3. The second-order valence-electron chi connectivity index (χ2n) is 6.81. The van der Waals surface area contributed by atoms with E-state index in [9.17, 15) is 9.59 Å². The van der Waals surface area contributed by atoms with Gasteiger partial charge in [0.05, 0.1) is 12.6 Å². The number of rotatable bonds is 2. The first-order valence-electron chi connectivity index (χ1n) is 8.97. The molecule has 0 spiro atoms. The van der Waals surface area contributed by atoms with E-state index in [2.05, 4.69) is 28.8 Å². The van der Waals surface area contributed by atoms with Crippen LogP contribution in [0.25, 0.3) is 10.1 Å². The molecule has 138 valence electrons. The van der Waals surface area contributed by atoms with E-state index in [1.807, 2.05) is 43.3 Å². The highest BCUT2D eigenvalue weighted by atomic mass is 32.1. The SMILES string of the molecule is CC(NC(=O)N1Cc2ccccc2NC(=O)C1C)c1cc2ccccc2s1. The van der Waals surface area contributed by atoms with Crippen molar-refractivity contribution in [2.75, 3.05) is 5.32 Å². The summed E-state index contributed by atoms with van der Waals surface area (Å²) >= 11 is 1.68. The van der Waals surface area contributed by atoms with Crippen LogP contribution in [0.5, 0.6) is 0 Å². The zero-order valence-corrected chi connectivity index (χ0v) is 16.0. The first-order valence-corrected chi connectivity index (χ1v) is 9.79. The summed E-state index contributed by atoms with van der Waals surface area (Å²) in [6, 6.07) is 17.0. The zero-order valence-electron chi connectivity index (χ0n) is 15.2. The van der Waals surface area contributed by atoms with Gasteiger partial charge in [-0.25, -0.2) is 4.79 Å². The zero-order chi connectivity index (χ0) is 19.0. The smallest absolute Gasteiger partial charge is 0.318 e. The minimum absolute atomic E-state index is 0.136. The Morgan fingerprint density at radius 1 is 1.22 bits per heavy atom. The van der Waals surface area contributed by atoms with Crippen LogP contribution < -0.4 is 10.6 Å². The molecule has 2 unspecified atom stereocenters. The van der Waals surface area contributed by atoms with E-state index < -0.39 is 6.04 Å². The van der Waals surface area contributed by atoms with Gasteiger partial charge in [-0.2, -0.15) is 0 Å². The molecule has 0 aliphatic carbocycles. The topological polar surface area (TPSA) is 61.4 Å². The summed E-state index contributed by atoms with van der Waals surface area (Å²) in [4.78, 5) is 28.1. The third-order valence-electron chi connectivity index (χ3n) is 4.94. The van der Waals surface area contributed by atoms with Crippen molar-refractivity contribution in [2.24, 2.45) is 0 Å². The lowest BCUT2D eigenvalue weighted by Gasteiger charge is -2.27. The van der Waals surface area contributed by atoms with E-state index in [-0.39, 0.29) is 18.0 Å². The predicted octanol–water partition coefficient (Wildman–Crippen LogP) is 4.51. The number of hydrogen-bond donors (Lipinski definition) is 2. The van der Waals surface area contributed by atoms with E-state index in [0.29, 0.717) is 6.54 Å². The molecule has 0 fully saturated rings. The van der Waals surface area contributed by atoms with Gasteiger partial charge in [-0.05, 0) is 43.0 Å². The molecule has 2 aromatic carbocycles. The summed E-state index contributed by atoms with van der Waals surface area (Å²) < 4.78 is 1.20. The molecule has 3 aromatic rings. The lowest BCUT2D eigenvalue weighted by molar-refractivity contribution is -0.119. The summed E-state index contributed by atoms with van der Waals surface area (Å²) in [7, 11) is 0. The Labute approximate surface area is 162 Å². The number of amides is 3. The number of urea groups is 1. The second-order valence-corrected chi connectivity index (χ2v) is 7.92. The summed E-state index contributed by atoms with van der Waals surface area (Å²) in [6.45, 7) is 4.12. The van der Waals surface area contributed by atoms with Crippen molar-refractivity contribution in [3.63, 3.8) is 0 Å². The molecule has 2 N–H and O–H groups in total. The monoisotopic (exact) mass is 379 g/mol. The van der Waals surface area contributed by atoms with Gasteiger partial charge in [-0.1, -0.05) is 36.4 Å². The normalized spacial score (nSPS) is 17.8. The number of nitrogens with zero attached hydrogens (tertiary/aromatic N) is 1. The minimum atomic E-state index is -0.549. The molecule has 2 atom stereocenters. The van der Waals surface area contributed by atoms with Crippen molar-refractivity contribution >= 4 is 39.0 Å². The molecule has 0 bridgehead atoms. The van der Waals surface area contributed by atoms with Crippen LogP contribution in [0, 0.1) is 0 Å². The average Bonchev–Trinajstić information content (AvgIpc) is 3.05. The molecular weight excluding hydrogens is 358 g/mol. The molecule has 0 radical (unpaired) electrons. The number of carbonyl (C=O) groups excluding carboxylic acids is 2. The highest BCUT2D eigenvalue weighted by Gasteiger charge is 2.31. The molecule has 6 heteroatoms. The molecule has 4 rings (SSSR count). The van der Waals surface area contributed by atoms with Gasteiger partial charge in [0.1, 0.15) is 6.04 Å². The van der Waals surface area contributed by atoms with E-state index in [4.69, 9.17) is 0 Å².